The fourth-order valence-corrected chi connectivity index (χ4v) is 3.23. The highest BCUT2D eigenvalue weighted by atomic mass is 14.9. The molecule has 0 amide bonds. The van der Waals surface area contributed by atoms with Crippen LogP contribution in [-0.4, -0.2) is 12.6 Å². The van der Waals surface area contributed by atoms with Crippen LogP contribution in [0.15, 0.2) is 0 Å². The summed E-state index contributed by atoms with van der Waals surface area (Å²) in [5.74, 6) is 1.03. The molecule has 1 unspecified atom stereocenters. The molecular weight excluding hydrogens is 194 g/mol. The minimum Gasteiger partial charge on any atom is -0.313 e. The van der Waals surface area contributed by atoms with Crippen molar-refractivity contribution in [3.8, 4) is 0 Å². The maximum atomic E-state index is 3.82. The van der Waals surface area contributed by atoms with Gasteiger partial charge < -0.3 is 5.32 Å². The molecule has 1 atom stereocenters. The summed E-state index contributed by atoms with van der Waals surface area (Å²) in [4.78, 5) is 0. The fraction of sp³-hybridized carbons (Fsp3) is 1.00. The molecule has 2 aliphatic rings. The Morgan fingerprint density at radius 3 is 2.44 bits per heavy atom. The topological polar surface area (TPSA) is 12.0 Å². The van der Waals surface area contributed by atoms with E-state index < -0.39 is 0 Å². The van der Waals surface area contributed by atoms with Crippen LogP contribution in [0.1, 0.15) is 71.6 Å². The van der Waals surface area contributed by atoms with Gasteiger partial charge in [-0.3, -0.25) is 0 Å². The molecule has 0 saturated heterocycles. The predicted molar refractivity (Wildman–Crippen MR) is 70.6 cm³/mol. The predicted octanol–water partition coefficient (Wildman–Crippen LogP) is 4.13. The first-order valence-corrected chi connectivity index (χ1v) is 7.48. The van der Waals surface area contributed by atoms with Crippen molar-refractivity contribution in [2.24, 2.45) is 11.3 Å². The Hall–Kier alpha value is -0.0400. The maximum Gasteiger partial charge on any atom is 0.0123 e. The van der Waals surface area contributed by atoms with Crippen molar-refractivity contribution in [1.82, 2.24) is 5.32 Å². The number of hydrogen-bond acceptors (Lipinski definition) is 1. The molecule has 1 heteroatoms. The summed E-state index contributed by atoms with van der Waals surface area (Å²) in [5, 5.41) is 3.82. The highest BCUT2D eigenvalue weighted by molar-refractivity contribution is 4.99. The molecule has 0 radical (unpaired) electrons. The van der Waals surface area contributed by atoms with Gasteiger partial charge in [0, 0.05) is 6.04 Å². The van der Waals surface area contributed by atoms with Crippen molar-refractivity contribution in [3.05, 3.63) is 0 Å². The lowest BCUT2D eigenvalue weighted by Gasteiger charge is -2.31. The van der Waals surface area contributed by atoms with E-state index in [9.17, 15) is 0 Å². The van der Waals surface area contributed by atoms with Gasteiger partial charge in [0.15, 0.2) is 0 Å². The Labute approximate surface area is 101 Å². The molecule has 0 aromatic heterocycles. The SMILES string of the molecule is CCCNC(CC1CCCCC1)C1(C)CC1. The summed E-state index contributed by atoms with van der Waals surface area (Å²) in [6.45, 7) is 5.98. The Morgan fingerprint density at radius 1 is 1.19 bits per heavy atom. The van der Waals surface area contributed by atoms with Crippen LogP contribution >= 0.6 is 0 Å². The zero-order valence-electron chi connectivity index (χ0n) is 11.2. The molecule has 2 fully saturated rings. The fourth-order valence-electron chi connectivity index (χ4n) is 3.23. The van der Waals surface area contributed by atoms with Crippen LogP contribution in [0.4, 0.5) is 0 Å². The molecule has 0 aromatic rings. The first-order chi connectivity index (χ1) is 7.74. The van der Waals surface area contributed by atoms with Crippen LogP contribution < -0.4 is 5.32 Å². The third kappa shape index (κ3) is 3.23. The van der Waals surface area contributed by atoms with Gasteiger partial charge in [-0.1, -0.05) is 46.0 Å². The van der Waals surface area contributed by atoms with Crippen molar-refractivity contribution in [2.45, 2.75) is 77.7 Å². The van der Waals surface area contributed by atoms with Gasteiger partial charge >= 0.3 is 0 Å². The molecule has 1 N–H and O–H groups in total. The zero-order chi connectivity index (χ0) is 11.4. The smallest absolute Gasteiger partial charge is 0.0123 e. The summed E-state index contributed by atoms with van der Waals surface area (Å²) in [6.07, 6.45) is 13.1. The largest absolute Gasteiger partial charge is 0.313 e. The zero-order valence-corrected chi connectivity index (χ0v) is 11.2. The van der Waals surface area contributed by atoms with Crippen molar-refractivity contribution in [1.29, 1.82) is 0 Å². The molecule has 2 rings (SSSR count). The van der Waals surface area contributed by atoms with Gasteiger partial charge in [-0.25, -0.2) is 0 Å². The van der Waals surface area contributed by atoms with E-state index in [0.717, 1.165) is 12.0 Å². The first-order valence-electron chi connectivity index (χ1n) is 7.48. The Bertz CT molecular complexity index is 201. The number of rotatable bonds is 6. The van der Waals surface area contributed by atoms with Crippen LogP contribution in [0.2, 0.25) is 0 Å². The molecule has 0 spiro atoms. The molecule has 0 heterocycles. The summed E-state index contributed by atoms with van der Waals surface area (Å²) in [7, 11) is 0. The van der Waals surface area contributed by atoms with Gasteiger partial charge in [-0.2, -0.15) is 0 Å². The molecule has 16 heavy (non-hydrogen) atoms. The first kappa shape index (κ1) is 12.4. The molecule has 0 aliphatic heterocycles. The van der Waals surface area contributed by atoms with E-state index in [1.54, 1.807) is 0 Å². The number of hydrogen-bond donors (Lipinski definition) is 1. The summed E-state index contributed by atoms with van der Waals surface area (Å²) in [5.41, 5.74) is 0.659. The van der Waals surface area contributed by atoms with Gasteiger partial charge in [-0.15, -0.1) is 0 Å². The lowest BCUT2D eigenvalue weighted by Crippen LogP contribution is -2.38. The van der Waals surface area contributed by atoms with Crippen LogP contribution in [0.5, 0.6) is 0 Å². The average Bonchev–Trinajstić information content (AvgIpc) is 3.05. The minimum atomic E-state index is 0.659. The van der Waals surface area contributed by atoms with Crippen molar-refractivity contribution >= 4 is 0 Å². The third-order valence-corrected chi connectivity index (χ3v) is 4.81. The maximum absolute atomic E-state index is 3.82. The van der Waals surface area contributed by atoms with Crippen LogP contribution in [0.3, 0.4) is 0 Å². The number of nitrogens with one attached hydrogen (secondary N) is 1. The van der Waals surface area contributed by atoms with Gasteiger partial charge in [-0.05, 0) is 43.6 Å². The highest BCUT2D eigenvalue weighted by Crippen LogP contribution is 2.50. The van der Waals surface area contributed by atoms with Gasteiger partial charge in [0.2, 0.25) is 0 Å². The monoisotopic (exact) mass is 223 g/mol. The Balaban J connectivity index is 1.81. The van der Waals surface area contributed by atoms with Crippen molar-refractivity contribution in [3.63, 3.8) is 0 Å². The van der Waals surface area contributed by atoms with E-state index in [4.69, 9.17) is 0 Å². The summed E-state index contributed by atoms with van der Waals surface area (Å²) in [6, 6.07) is 0.815. The second kappa shape index (κ2) is 5.53. The van der Waals surface area contributed by atoms with Crippen LogP contribution in [0.25, 0.3) is 0 Å². The summed E-state index contributed by atoms with van der Waals surface area (Å²) < 4.78 is 0. The molecule has 2 aliphatic carbocycles. The highest BCUT2D eigenvalue weighted by Gasteiger charge is 2.44. The second-order valence-electron chi connectivity index (χ2n) is 6.40. The lowest BCUT2D eigenvalue weighted by molar-refractivity contribution is 0.247. The van der Waals surface area contributed by atoms with E-state index in [-0.39, 0.29) is 0 Å². The van der Waals surface area contributed by atoms with Gasteiger partial charge in [0.05, 0.1) is 0 Å². The molecule has 0 bridgehead atoms. The normalized spacial score (nSPS) is 26.6. The van der Waals surface area contributed by atoms with Gasteiger partial charge in [0.1, 0.15) is 0 Å². The third-order valence-electron chi connectivity index (χ3n) is 4.81. The van der Waals surface area contributed by atoms with E-state index in [2.05, 4.69) is 19.2 Å². The molecule has 1 nitrogen and oxygen atoms in total. The van der Waals surface area contributed by atoms with Crippen molar-refractivity contribution < 1.29 is 0 Å². The summed E-state index contributed by atoms with van der Waals surface area (Å²) >= 11 is 0. The Morgan fingerprint density at radius 2 is 1.88 bits per heavy atom. The molecular formula is C15H29N. The molecule has 94 valence electrons. The van der Waals surface area contributed by atoms with Gasteiger partial charge in [0.25, 0.3) is 0 Å². The van der Waals surface area contributed by atoms with E-state index in [0.29, 0.717) is 5.41 Å². The van der Waals surface area contributed by atoms with Crippen molar-refractivity contribution in [2.75, 3.05) is 6.54 Å². The van der Waals surface area contributed by atoms with Crippen LogP contribution in [-0.2, 0) is 0 Å². The quantitative estimate of drug-likeness (QED) is 0.714. The molecule has 0 aromatic carbocycles. The minimum absolute atomic E-state index is 0.659. The standard InChI is InChI=1S/C15H29N/c1-3-11-16-14(15(2)9-10-15)12-13-7-5-4-6-8-13/h13-14,16H,3-12H2,1-2H3. The van der Waals surface area contributed by atoms with E-state index in [1.807, 2.05) is 0 Å². The van der Waals surface area contributed by atoms with E-state index in [1.165, 1.54) is 64.3 Å². The second-order valence-corrected chi connectivity index (χ2v) is 6.40. The Kier molecular flexibility index (Phi) is 4.29. The molecule has 2 saturated carbocycles. The average molecular weight is 223 g/mol. The van der Waals surface area contributed by atoms with Crippen LogP contribution in [0, 0.1) is 11.3 Å². The lowest BCUT2D eigenvalue weighted by atomic mass is 9.81. The van der Waals surface area contributed by atoms with E-state index >= 15 is 0 Å².